The summed E-state index contributed by atoms with van der Waals surface area (Å²) >= 11 is 0. The minimum atomic E-state index is -1.16. The van der Waals surface area contributed by atoms with Crippen LogP contribution in [-0.2, 0) is 4.79 Å². The number of alkyl halides is 1. The third-order valence-electron chi connectivity index (χ3n) is 3.16. The van der Waals surface area contributed by atoms with Crippen LogP contribution in [0.5, 0.6) is 0 Å². The topological polar surface area (TPSA) is 49.3 Å². The van der Waals surface area contributed by atoms with Crippen LogP contribution >= 0.6 is 9.24 Å². The molecule has 0 radical (unpaired) electrons. The van der Waals surface area contributed by atoms with Crippen LogP contribution in [0, 0.1) is 5.41 Å². The van der Waals surface area contributed by atoms with Crippen LogP contribution in [0.2, 0.25) is 0 Å². The fourth-order valence-corrected chi connectivity index (χ4v) is 2.03. The minimum absolute atomic E-state index is 0.0442. The first-order valence-corrected chi connectivity index (χ1v) is 7.24. The molecule has 3 nitrogen and oxygen atoms in total. The number of aliphatic hydroxyl groups is 1. The molecule has 0 aliphatic heterocycles. The molecular weight excluding hydrogens is 252 g/mol. The molecule has 0 saturated heterocycles. The first-order valence-electron chi connectivity index (χ1n) is 6.66. The lowest BCUT2D eigenvalue weighted by Gasteiger charge is -2.33. The maximum Gasteiger partial charge on any atom is 0.228 e. The SMILES string of the molecule is CC.CC(C)(CO)C(=O)NC1CCC(F)(P)CC1. The van der Waals surface area contributed by atoms with E-state index in [-0.39, 0.29) is 18.6 Å². The van der Waals surface area contributed by atoms with Gasteiger partial charge in [0.05, 0.1) is 12.0 Å². The van der Waals surface area contributed by atoms with E-state index in [0.29, 0.717) is 25.7 Å². The molecule has 1 amide bonds. The predicted octanol–water partition coefficient (Wildman–Crippen LogP) is 2.63. The standard InChI is InChI=1S/C11H21FNO2P.C2H6/c1-10(2,7-14)9(15)13-8-3-5-11(12,16)6-4-8;1-2/h8,14H,3-7,16H2,1-2H3,(H,13,15);1-2H3. The number of halogens is 1. The van der Waals surface area contributed by atoms with E-state index in [1.54, 1.807) is 13.8 Å². The largest absolute Gasteiger partial charge is 0.395 e. The molecule has 1 rings (SSSR count). The molecule has 1 saturated carbocycles. The molecule has 108 valence electrons. The minimum Gasteiger partial charge on any atom is -0.395 e. The van der Waals surface area contributed by atoms with Crippen molar-refractivity contribution < 1.29 is 14.3 Å². The average molecular weight is 279 g/mol. The summed E-state index contributed by atoms with van der Waals surface area (Å²) in [5, 5.41) is 10.8. The maximum atomic E-state index is 13.5. The van der Waals surface area contributed by atoms with Crippen LogP contribution in [-0.4, -0.2) is 29.1 Å². The van der Waals surface area contributed by atoms with Crippen molar-refractivity contribution in [3.63, 3.8) is 0 Å². The van der Waals surface area contributed by atoms with Crippen LogP contribution in [0.4, 0.5) is 4.39 Å². The van der Waals surface area contributed by atoms with Crippen molar-refractivity contribution in [1.82, 2.24) is 5.32 Å². The first kappa shape index (κ1) is 17.8. The van der Waals surface area contributed by atoms with E-state index in [1.807, 2.05) is 13.8 Å². The second kappa shape index (κ2) is 7.40. The molecule has 1 atom stereocenters. The lowest BCUT2D eigenvalue weighted by atomic mass is 9.90. The van der Waals surface area contributed by atoms with Crippen molar-refractivity contribution in [2.45, 2.75) is 64.8 Å². The van der Waals surface area contributed by atoms with Crippen molar-refractivity contribution in [2.75, 3.05) is 6.61 Å². The van der Waals surface area contributed by atoms with Crippen LogP contribution in [0.3, 0.4) is 0 Å². The van der Waals surface area contributed by atoms with Crippen LogP contribution < -0.4 is 5.32 Å². The van der Waals surface area contributed by atoms with Crippen molar-refractivity contribution in [1.29, 1.82) is 0 Å². The monoisotopic (exact) mass is 279 g/mol. The fourth-order valence-electron chi connectivity index (χ4n) is 1.69. The van der Waals surface area contributed by atoms with E-state index < -0.39 is 10.8 Å². The predicted molar refractivity (Wildman–Crippen MR) is 76.2 cm³/mol. The van der Waals surface area contributed by atoms with Gasteiger partial charge in [-0.15, -0.1) is 0 Å². The van der Waals surface area contributed by atoms with Gasteiger partial charge in [-0.3, -0.25) is 4.79 Å². The summed E-state index contributed by atoms with van der Waals surface area (Å²) in [5.41, 5.74) is -0.759. The number of amides is 1. The van der Waals surface area contributed by atoms with Gasteiger partial charge in [0, 0.05) is 6.04 Å². The van der Waals surface area contributed by atoms with Gasteiger partial charge in [-0.05, 0) is 39.5 Å². The van der Waals surface area contributed by atoms with Crippen LogP contribution in [0.15, 0.2) is 0 Å². The van der Waals surface area contributed by atoms with Gasteiger partial charge in [0.2, 0.25) is 5.91 Å². The Kier molecular flexibility index (Phi) is 7.31. The van der Waals surface area contributed by atoms with Crippen LogP contribution in [0.25, 0.3) is 0 Å². The number of hydrogen-bond acceptors (Lipinski definition) is 2. The number of carbonyl (C=O) groups excluding carboxylic acids is 1. The summed E-state index contributed by atoms with van der Waals surface area (Å²) in [7, 11) is 2.24. The highest BCUT2D eigenvalue weighted by atomic mass is 31.0. The molecule has 1 aliphatic rings. The quantitative estimate of drug-likeness (QED) is 0.780. The van der Waals surface area contributed by atoms with Gasteiger partial charge in [0.1, 0.15) is 5.41 Å². The van der Waals surface area contributed by atoms with Gasteiger partial charge < -0.3 is 10.4 Å². The average Bonchev–Trinajstić information content (AvgIpc) is 2.34. The Morgan fingerprint density at radius 2 is 1.89 bits per heavy atom. The molecule has 0 aromatic carbocycles. The van der Waals surface area contributed by atoms with Crippen molar-refractivity contribution in [3.8, 4) is 0 Å². The number of hydrogen-bond donors (Lipinski definition) is 2. The Labute approximate surface area is 112 Å². The summed E-state index contributed by atoms with van der Waals surface area (Å²) in [4.78, 5) is 11.8. The molecule has 1 aliphatic carbocycles. The zero-order valence-electron chi connectivity index (χ0n) is 11.9. The summed E-state index contributed by atoms with van der Waals surface area (Å²) in [6.45, 7) is 7.21. The summed E-state index contributed by atoms with van der Waals surface area (Å²) in [6, 6.07) is 0.0442. The van der Waals surface area contributed by atoms with Gasteiger partial charge in [-0.2, -0.15) is 0 Å². The highest BCUT2D eigenvalue weighted by Crippen LogP contribution is 2.37. The summed E-state index contributed by atoms with van der Waals surface area (Å²) in [6.07, 6.45) is 2.24. The second-order valence-corrected chi connectivity index (χ2v) is 6.36. The number of aliphatic hydroxyl groups excluding tert-OH is 1. The molecule has 5 heteroatoms. The van der Waals surface area contributed by atoms with E-state index in [0.717, 1.165) is 0 Å². The summed E-state index contributed by atoms with van der Waals surface area (Å²) in [5.74, 6) is -0.157. The Morgan fingerprint density at radius 1 is 1.44 bits per heavy atom. The van der Waals surface area contributed by atoms with Gasteiger partial charge in [0.25, 0.3) is 0 Å². The van der Waals surface area contributed by atoms with E-state index in [2.05, 4.69) is 14.6 Å². The fraction of sp³-hybridized carbons (Fsp3) is 0.923. The normalized spacial score (nSPS) is 28.1. The highest BCUT2D eigenvalue weighted by molar-refractivity contribution is 7.18. The van der Waals surface area contributed by atoms with E-state index in [4.69, 9.17) is 5.11 Å². The maximum absolute atomic E-state index is 13.5. The number of carbonyl (C=O) groups is 1. The molecule has 18 heavy (non-hydrogen) atoms. The first-order chi connectivity index (χ1) is 8.27. The third kappa shape index (κ3) is 5.62. The molecule has 0 aromatic heterocycles. The number of rotatable bonds is 3. The van der Waals surface area contributed by atoms with Crippen LogP contribution in [0.1, 0.15) is 53.4 Å². The molecule has 0 aromatic rings. The Hall–Kier alpha value is -0.210. The molecular formula is C13H27FNO2P. The number of nitrogens with one attached hydrogen (secondary N) is 1. The Morgan fingerprint density at radius 3 is 2.28 bits per heavy atom. The summed E-state index contributed by atoms with van der Waals surface area (Å²) < 4.78 is 13.5. The zero-order chi connectivity index (χ0) is 14.4. The lowest BCUT2D eigenvalue weighted by molar-refractivity contribution is -0.132. The molecule has 1 fully saturated rings. The van der Waals surface area contributed by atoms with Gasteiger partial charge in [-0.1, -0.05) is 23.1 Å². The lowest BCUT2D eigenvalue weighted by Crippen LogP contribution is -2.46. The van der Waals surface area contributed by atoms with Gasteiger partial charge in [0.15, 0.2) is 0 Å². The smallest absolute Gasteiger partial charge is 0.228 e. The Balaban J connectivity index is 0.00000137. The molecule has 0 bridgehead atoms. The van der Waals surface area contributed by atoms with Gasteiger partial charge in [-0.25, -0.2) is 4.39 Å². The van der Waals surface area contributed by atoms with Crippen molar-refractivity contribution in [3.05, 3.63) is 0 Å². The van der Waals surface area contributed by atoms with Crippen molar-refractivity contribution >= 4 is 15.1 Å². The van der Waals surface area contributed by atoms with E-state index in [9.17, 15) is 9.18 Å². The molecule has 0 heterocycles. The van der Waals surface area contributed by atoms with Gasteiger partial charge >= 0.3 is 0 Å². The van der Waals surface area contributed by atoms with E-state index in [1.165, 1.54) is 0 Å². The second-order valence-electron chi connectivity index (χ2n) is 5.32. The highest BCUT2D eigenvalue weighted by Gasteiger charge is 2.34. The van der Waals surface area contributed by atoms with Crippen molar-refractivity contribution in [2.24, 2.45) is 5.41 Å². The Bertz CT molecular complexity index is 260. The zero-order valence-corrected chi connectivity index (χ0v) is 13.1. The molecule has 1 unspecified atom stereocenters. The third-order valence-corrected chi connectivity index (χ3v) is 3.74. The molecule has 0 spiro atoms. The molecule has 2 N–H and O–H groups in total. The van der Waals surface area contributed by atoms with E-state index >= 15 is 0 Å².